The predicted molar refractivity (Wildman–Crippen MR) is 73.2 cm³/mol. The summed E-state index contributed by atoms with van der Waals surface area (Å²) in [4.78, 5) is 0. The third kappa shape index (κ3) is 1.17. The van der Waals surface area contributed by atoms with Crippen molar-refractivity contribution in [1.82, 2.24) is 5.16 Å². The van der Waals surface area contributed by atoms with Crippen LogP contribution in [0.3, 0.4) is 0 Å². The lowest BCUT2D eigenvalue weighted by Crippen LogP contribution is -2.19. The third-order valence-corrected chi connectivity index (χ3v) is 5.02. The number of rotatable bonds is 0. The van der Waals surface area contributed by atoms with Gasteiger partial charge < -0.3 is 10.3 Å². The van der Waals surface area contributed by atoms with Crippen LogP contribution >= 0.6 is 15.9 Å². The molecule has 0 amide bonds. The van der Waals surface area contributed by atoms with Crippen molar-refractivity contribution in [2.75, 3.05) is 5.73 Å². The number of hydrogen-bond acceptors (Lipinski definition) is 3. The van der Waals surface area contributed by atoms with Crippen molar-refractivity contribution in [3.63, 3.8) is 0 Å². The standard InChI is InChI=1S/C14H13BrN2O/c1-7-5-14(7)6-10-12(18-17-13(10)16)9-4-8(15)2-3-11(9)14/h2-4,7H,5-6H2,1H3,(H2,16,17). The Balaban J connectivity index is 2.04. The van der Waals surface area contributed by atoms with Gasteiger partial charge in [0, 0.05) is 21.0 Å². The largest absolute Gasteiger partial charge is 0.381 e. The van der Waals surface area contributed by atoms with Crippen LogP contribution in [0.2, 0.25) is 0 Å². The minimum Gasteiger partial charge on any atom is -0.381 e. The molecule has 0 radical (unpaired) electrons. The minimum absolute atomic E-state index is 0.267. The molecule has 2 N–H and O–H groups in total. The van der Waals surface area contributed by atoms with Gasteiger partial charge in [-0.05, 0) is 36.5 Å². The van der Waals surface area contributed by atoms with E-state index in [0.717, 1.165) is 27.8 Å². The fourth-order valence-electron chi connectivity index (χ4n) is 3.36. The maximum atomic E-state index is 5.93. The summed E-state index contributed by atoms with van der Waals surface area (Å²) in [6.45, 7) is 2.31. The molecule has 1 spiro atoms. The molecule has 1 heterocycles. The van der Waals surface area contributed by atoms with Crippen molar-refractivity contribution < 1.29 is 4.52 Å². The maximum absolute atomic E-state index is 5.93. The molecule has 4 heteroatoms. The summed E-state index contributed by atoms with van der Waals surface area (Å²) in [6, 6.07) is 6.44. The summed E-state index contributed by atoms with van der Waals surface area (Å²) >= 11 is 3.53. The number of fused-ring (bicyclic) bond motifs is 4. The van der Waals surface area contributed by atoms with Gasteiger partial charge in [0.25, 0.3) is 0 Å². The van der Waals surface area contributed by atoms with Crippen LogP contribution in [0.1, 0.15) is 24.5 Å². The predicted octanol–water partition coefficient (Wildman–Crippen LogP) is 3.52. The molecule has 1 aromatic heterocycles. The van der Waals surface area contributed by atoms with Gasteiger partial charge in [0.2, 0.25) is 0 Å². The molecule has 2 atom stereocenters. The van der Waals surface area contributed by atoms with E-state index in [2.05, 4.69) is 46.2 Å². The number of aromatic nitrogens is 1. The molecular formula is C14H13BrN2O. The highest BCUT2D eigenvalue weighted by molar-refractivity contribution is 9.10. The maximum Gasteiger partial charge on any atom is 0.172 e. The highest BCUT2D eigenvalue weighted by Gasteiger charge is 2.56. The van der Waals surface area contributed by atoms with Crippen molar-refractivity contribution >= 4 is 21.7 Å². The van der Waals surface area contributed by atoms with E-state index in [9.17, 15) is 0 Å². The van der Waals surface area contributed by atoms with Crippen molar-refractivity contribution in [3.8, 4) is 11.3 Å². The number of nitrogens with zero attached hydrogens (tertiary/aromatic N) is 1. The smallest absolute Gasteiger partial charge is 0.172 e. The average Bonchev–Trinajstić information content (AvgIpc) is 2.81. The molecule has 18 heavy (non-hydrogen) atoms. The first kappa shape index (κ1) is 10.6. The molecule has 2 unspecified atom stereocenters. The van der Waals surface area contributed by atoms with Crippen LogP contribution in [0.25, 0.3) is 11.3 Å². The Hall–Kier alpha value is -1.29. The highest BCUT2D eigenvalue weighted by Crippen LogP contribution is 2.61. The third-order valence-electron chi connectivity index (χ3n) is 4.53. The van der Waals surface area contributed by atoms with E-state index < -0.39 is 0 Å². The lowest BCUT2D eigenvalue weighted by molar-refractivity contribution is 0.431. The van der Waals surface area contributed by atoms with E-state index in [-0.39, 0.29) is 5.41 Å². The van der Waals surface area contributed by atoms with E-state index in [1.54, 1.807) is 0 Å². The molecule has 2 aliphatic rings. The summed E-state index contributed by atoms with van der Waals surface area (Å²) in [5.74, 6) is 2.11. The van der Waals surface area contributed by atoms with Gasteiger partial charge in [-0.15, -0.1) is 0 Å². The van der Waals surface area contributed by atoms with Gasteiger partial charge in [-0.2, -0.15) is 0 Å². The van der Waals surface area contributed by atoms with Crippen molar-refractivity contribution in [3.05, 3.63) is 33.8 Å². The fourth-order valence-corrected chi connectivity index (χ4v) is 3.72. The zero-order valence-electron chi connectivity index (χ0n) is 10.0. The summed E-state index contributed by atoms with van der Waals surface area (Å²) < 4.78 is 6.49. The summed E-state index contributed by atoms with van der Waals surface area (Å²) in [5.41, 5.74) is 9.83. The van der Waals surface area contributed by atoms with Gasteiger partial charge in [0.1, 0.15) is 0 Å². The number of hydrogen-bond donors (Lipinski definition) is 1. The first-order valence-electron chi connectivity index (χ1n) is 6.16. The van der Waals surface area contributed by atoms with Crippen LogP contribution in [0, 0.1) is 5.92 Å². The Kier molecular flexibility index (Phi) is 1.87. The van der Waals surface area contributed by atoms with Crippen LogP contribution in [0.5, 0.6) is 0 Å². The Labute approximate surface area is 113 Å². The normalized spacial score (nSPS) is 28.0. The molecule has 1 aromatic carbocycles. The molecule has 1 saturated carbocycles. The van der Waals surface area contributed by atoms with E-state index in [1.165, 1.54) is 12.0 Å². The molecular weight excluding hydrogens is 292 g/mol. The molecule has 0 aliphatic heterocycles. The average molecular weight is 305 g/mol. The number of anilines is 1. The van der Waals surface area contributed by atoms with Crippen molar-refractivity contribution in [2.45, 2.75) is 25.2 Å². The lowest BCUT2D eigenvalue weighted by Gasteiger charge is -2.25. The minimum atomic E-state index is 0.267. The van der Waals surface area contributed by atoms with E-state index in [4.69, 9.17) is 10.3 Å². The van der Waals surface area contributed by atoms with Crippen molar-refractivity contribution in [1.29, 1.82) is 0 Å². The second-order valence-corrected chi connectivity index (χ2v) is 6.42. The number of nitrogen functional groups attached to an aromatic ring is 1. The van der Waals surface area contributed by atoms with E-state index >= 15 is 0 Å². The SMILES string of the molecule is CC1CC12Cc1c(N)noc1-c1cc(Br)ccc12. The number of nitrogens with two attached hydrogens (primary N) is 1. The molecule has 2 aliphatic carbocycles. The van der Waals surface area contributed by atoms with Gasteiger partial charge in [-0.1, -0.05) is 34.1 Å². The number of benzene rings is 1. The Morgan fingerprint density at radius 1 is 1.50 bits per heavy atom. The summed E-state index contributed by atoms with van der Waals surface area (Å²) in [7, 11) is 0. The number of halogens is 1. The Morgan fingerprint density at radius 2 is 2.28 bits per heavy atom. The molecule has 0 saturated heterocycles. The van der Waals surface area contributed by atoms with Crippen LogP contribution in [-0.4, -0.2) is 5.16 Å². The highest BCUT2D eigenvalue weighted by atomic mass is 79.9. The topological polar surface area (TPSA) is 52.0 Å². The van der Waals surface area contributed by atoms with Crippen LogP contribution in [0.4, 0.5) is 5.82 Å². The van der Waals surface area contributed by atoms with E-state index in [1.807, 2.05) is 0 Å². The molecule has 0 bridgehead atoms. The second kappa shape index (κ2) is 3.18. The quantitative estimate of drug-likeness (QED) is 0.810. The van der Waals surface area contributed by atoms with Gasteiger partial charge in [0.05, 0.1) is 0 Å². The van der Waals surface area contributed by atoms with Gasteiger partial charge in [-0.3, -0.25) is 0 Å². The lowest BCUT2D eigenvalue weighted by atomic mass is 9.78. The Morgan fingerprint density at radius 3 is 3.00 bits per heavy atom. The molecule has 2 aromatic rings. The molecule has 3 nitrogen and oxygen atoms in total. The molecule has 4 rings (SSSR count). The molecule has 92 valence electrons. The van der Waals surface area contributed by atoms with Gasteiger partial charge in [0.15, 0.2) is 11.6 Å². The second-order valence-electron chi connectivity index (χ2n) is 5.50. The first-order chi connectivity index (χ1) is 8.62. The Bertz CT molecular complexity index is 664. The van der Waals surface area contributed by atoms with Crippen LogP contribution in [-0.2, 0) is 11.8 Å². The van der Waals surface area contributed by atoms with Gasteiger partial charge in [-0.25, -0.2) is 0 Å². The fraction of sp³-hybridized carbons (Fsp3) is 0.357. The van der Waals surface area contributed by atoms with Crippen molar-refractivity contribution in [2.24, 2.45) is 5.92 Å². The molecule has 1 fully saturated rings. The summed E-state index contributed by atoms with van der Waals surface area (Å²) in [5, 5.41) is 3.93. The zero-order valence-corrected chi connectivity index (χ0v) is 11.6. The van der Waals surface area contributed by atoms with Crippen LogP contribution in [0.15, 0.2) is 27.2 Å². The summed E-state index contributed by atoms with van der Waals surface area (Å²) in [6.07, 6.45) is 2.19. The van der Waals surface area contributed by atoms with Crippen LogP contribution < -0.4 is 5.73 Å². The first-order valence-corrected chi connectivity index (χ1v) is 6.95. The van der Waals surface area contributed by atoms with Gasteiger partial charge >= 0.3 is 0 Å². The van der Waals surface area contributed by atoms with E-state index in [0.29, 0.717) is 11.7 Å². The zero-order chi connectivity index (χ0) is 12.5. The monoisotopic (exact) mass is 304 g/mol.